The molecule has 2 aromatic carbocycles. The van der Waals surface area contributed by atoms with Gasteiger partial charge in [-0.05, 0) is 49.2 Å². The third kappa shape index (κ3) is 4.64. The summed E-state index contributed by atoms with van der Waals surface area (Å²) < 4.78 is 13.0. The van der Waals surface area contributed by atoms with Crippen LogP contribution in [0.15, 0.2) is 42.5 Å². The molecule has 142 valence electrons. The van der Waals surface area contributed by atoms with Gasteiger partial charge in [-0.2, -0.15) is 0 Å². The largest absolute Gasteiger partial charge is 0.368 e. The summed E-state index contributed by atoms with van der Waals surface area (Å²) in [5, 5.41) is 2.86. The number of benzene rings is 2. The highest BCUT2D eigenvalue weighted by Gasteiger charge is 2.23. The first-order valence-corrected chi connectivity index (χ1v) is 9.08. The number of nitrogens with zero attached hydrogens (tertiary/aromatic N) is 2. The predicted octanol–water partition coefficient (Wildman–Crippen LogP) is 3.12. The minimum Gasteiger partial charge on any atom is -0.368 e. The topological polar surface area (TPSA) is 52.7 Å². The smallest absolute Gasteiger partial charge is 0.233 e. The first kappa shape index (κ1) is 18.9. The highest BCUT2D eigenvalue weighted by atomic mass is 19.1. The molecule has 6 heteroatoms. The molecule has 2 amide bonds. The van der Waals surface area contributed by atoms with Gasteiger partial charge in [-0.3, -0.25) is 9.59 Å². The summed E-state index contributed by atoms with van der Waals surface area (Å²) >= 11 is 0. The van der Waals surface area contributed by atoms with Crippen molar-refractivity contribution in [3.05, 3.63) is 59.4 Å². The van der Waals surface area contributed by atoms with Crippen molar-refractivity contribution in [3.63, 3.8) is 0 Å². The standard InChI is InChI=1S/C21H24FN3O2/c1-15-4-3-5-16(2)21(15)23-19(26)14-20(27)25-12-10-24(11-13-25)18-8-6-17(22)7-9-18/h3-9H,10-14H2,1-2H3,(H,23,26). The summed E-state index contributed by atoms with van der Waals surface area (Å²) in [5.74, 6) is -0.724. The van der Waals surface area contributed by atoms with Crippen molar-refractivity contribution < 1.29 is 14.0 Å². The zero-order chi connectivity index (χ0) is 19.4. The molecule has 3 rings (SSSR count). The molecule has 0 aliphatic carbocycles. The number of halogens is 1. The van der Waals surface area contributed by atoms with Crippen LogP contribution in [0.2, 0.25) is 0 Å². The first-order valence-electron chi connectivity index (χ1n) is 9.08. The second kappa shape index (κ2) is 8.20. The minimum absolute atomic E-state index is 0.162. The average molecular weight is 369 g/mol. The number of rotatable bonds is 4. The molecule has 1 aliphatic heterocycles. The molecule has 1 fully saturated rings. The lowest BCUT2D eigenvalue weighted by Gasteiger charge is -2.36. The summed E-state index contributed by atoms with van der Waals surface area (Å²) in [6.45, 7) is 6.28. The fourth-order valence-corrected chi connectivity index (χ4v) is 3.31. The summed E-state index contributed by atoms with van der Waals surface area (Å²) in [6, 6.07) is 12.1. The Kier molecular flexibility index (Phi) is 5.74. The van der Waals surface area contributed by atoms with Gasteiger partial charge in [-0.1, -0.05) is 18.2 Å². The van der Waals surface area contributed by atoms with E-state index in [2.05, 4.69) is 10.2 Å². The van der Waals surface area contributed by atoms with Crippen LogP contribution in [0.3, 0.4) is 0 Å². The van der Waals surface area contributed by atoms with Gasteiger partial charge < -0.3 is 15.1 Å². The molecule has 0 radical (unpaired) electrons. The van der Waals surface area contributed by atoms with E-state index in [-0.39, 0.29) is 24.1 Å². The average Bonchev–Trinajstić information content (AvgIpc) is 2.65. The summed E-state index contributed by atoms with van der Waals surface area (Å²) in [4.78, 5) is 28.6. The lowest BCUT2D eigenvalue weighted by atomic mass is 10.1. The Bertz CT molecular complexity index is 808. The molecule has 2 aromatic rings. The molecular formula is C21H24FN3O2. The number of hydrogen-bond donors (Lipinski definition) is 1. The molecule has 1 aliphatic rings. The normalized spacial score (nSPS) is 14.2. The molecule has 0 unspecified atom stereocenters. The van der Waals surface area contributed by atoms with E-state index in [9.17, 15) is 14.0 Å². The molecule has 0 saturated carbocycles. The lowest BCUT2D eigenvalue weighted by molar-refractivity contribution is -0.134. The van der Waals surface area contributed by atoms with Crippen molar-refractivity contribution in [2.24, 2.45) is 0 Å². The van der Waals surface area contributed by atoms with Crippen molar-refractivity contribution in [2.75, 3.05) is 36.4 Å². The van der Waals surface area contributed by atoms with E-state index in [4.69, 9.17) is 0 Å². The number of piperazine rings is 1. The Morgan fingerprint density at radius 3 is 2.15 bits per heavy atom. The van der Waals surface area contributed by atoms with Gasteiger partial charge in [0, 0.05) is 37.6 Å². The van der Waals surface area contributed by atoms with Crippen LogP contribution < -0.4 is 10.2 Å². The predicted molar refractivity (Wildman–Crippen MR) is 104 cm³/mol. The van der Waals surface area contributed by atoms with Crippen LogP contribution in [0.4, 0.5) is 15.8 Å². The molecule has 1 saturated heterocycles. The Balaban J connectivity index is 1.52. The molecule has 1 heterocycles. The number of aryl methyl sites for hydroxylation is 2. The van der Waals surface area contributed by atoms with Gasteiger partial charge in [-0.25, -0.2) is 4.39 Å². The van der Waals surface area contributed by atoms with Gasteiger partial charge in [0.2, 0.25) is 11.8 Å². The van der Waals surface area contributed by atoms with Gasteiger partial charge in [-0.15, -0.1) is 0 Å². The van der Waals surface area contributed by atoms with E-state index in [0.717, 1.165) is 22.5 Å². The number of para-hydroxylation sites is 1. The molecule has 0 atom stereocenters. The van der Waals surface area contributed by atoms with E-state index in [1.807, 2.05) is 32.0 Å². The Hall–Kier alpha value is -2.89. The molecule has 0 aromatic heterocycles. The van der Waals surface area contributed by atoms with Crippen molar-refractivity contribution in [3.8, 4) is 0 Å². The Morgan fingerprint density at radius 1 is 0.963 bits per heavy atom. The van der Waals surface area contributed by atoms with Crippen LogP contribution in [0.25, 0.3) is 0 Å². The molecule has 5 nitrogen and oxygen atoms in total. The van der Waals surface area contributed by atoms with Gasteiger partial charge in [0.15, 0.2) is 0 Å². The third-order valence-electron chi connectivity index (χ3n) is 4.88. The molecule has 0 spiro atoms. The number of carbonyl (C=O) groups excluding carboxylic acids is 2. The van der Waals surface area contributed by atoms with Gasteiger partial charge in [0.1, 0.15) is 12.2 Å². The maximum Gasteiger partial charge on any atom is 0.233 e. The van der Waals surface area contributed by atoms with Crippen LogP contribution in [0.5, 0.6) is 0 Å². The first-order chi connectivity index (χ1) is 12.9. The monoisotopic (exact) mass is 369 g/mol. The van der Waals surface area contributed by atoms with Crippen LogP contribution in [-0.2, 0) is 9.59 Å². The van der Waals surface area contributed by atoms with Crippen molar-refractivity contribution in [1.82, 2.24) is 4.90 Å². The fraction of sp³-hybridized carbons (Fsp3) is 0.333. The molecule has 1 N–H and O–H groups in total. The van der Waals surface area contributed by atoms with Crippen molar-refractivity contribution in [1.29, 1.82) is 0 Å². The van der Waals surface area contributed by atoms with E-state index in [1.165, 1.54) is 12.1 Å². The van der Waals surface area contributed by atoms with Gasteiger partial charge >= 0.3 is 0 Å². The van der Waals surface area contributed by atoms with Crippen molar-refractivity contribution >= 4 is 23.2 Å². The SMILES string of the molecule is Cc1cccc(C)c1NC(=O)CC(=O)N1CCN(c2ccc(F)cc2)CC1. The second-order valence-electron chi connectivity index (χ2n) is 6.84. The van der Waals surface area contributed by atoms with Crippen LogP contribution in [0.1, 0.15) is 17.5 Å². The summed E-state index contributed by atoms with van der Waals surface area (Å²) in [5.41, 5.74) is 3.67. The Labute approximate surface area is 158 Å². The van der Waals surface area contributed by atoms with E-state index >= 15 is 0 Å². The zero-order valence-electron chi connectivity index (χ0n) is 15.7. The minimum atomic E-state index is -0.293. The van der Waals surface area contributed by atoms with E-state index < -0.39 is 0 Å². The fourth-order valence-electron chi connectivity index (χ4n) is 3.31. The maximum atomic E-state index is 13.0. The summed E-state index contributed by atoms with van der Waals surface area (Å²) in [7, 11) is 0. The molecule has 27 heavy (non-hydrogen) atoms. The quantitative estimate of drug-likeness (QED) is 0.843. The number of hydrogen-bond acceptors (Lipinski definition) is 3. The van der Waals surface area contributed by atoms with Crippen LogP contribution in [0, 0.1) is 19.7 Å². The van der Waals surface area contributed by atoms with Crippen molar-refractivity contribution in [2.45, 2.75) is 20.3 Å². The molecular weight excluding hydrogens is 345 g/mol. The summed E-state index contributed by atoms with van der Waals surface area (Å²) in [6.07, 6.45) is -0.162. The van der Waals surface area contributed by atoms with Crippen LogP contribution >= 0.6 is 0 Å². The highest BCUT2D eigenvalue weighted by molar-refractivity contribution is 6.04. The van der Waals surface area contributed by atoms with E-state index in [1.54, 1.807) is 17.0 Å². The van der Waals surface area contributed by atoms with E-state index in [0.29, 0.717) is 26.2 Å². The Morgan fingerprint density at radius 2 is 1.56 bits per heavy atom. The molecule has 0 bridgehead atoms. The zero-order valence-corrected chi connectivity index (χ0v) is 15.7. The lowest BCUT2D eigenvalue weighted by Crippen LogP contribution is -2.49. The number of nitrogens with one attached hydrogen (secondary N) is 1. The second-order valence-corrected chi connectivity index (χ2v) is 6.84. The van der Waals surface area contributed by atoms with Gasteiger partial charge in [0.25, 0.3) is 0 Å². The van der Waals surface area contributed by atoms with Crippen LogP contribution in [-0.4, -0.2) is 42.9 Å². The number of carbonyl (C=O) groups is 2. The van der Waals surface area contributed by atoms with Gasteiger partial charge in [0.05, 0.1) is 0 Å². The third-order valence-corrected chi connectivity index (χ3v) is 4.88. The highest BCUT2D eigenvalue weighted by Crippen LogP contribution is 2.20. The number of anilines is 2. The maximum absolute atomic E-state index is 13.0. The number of amides is 2.